The van der Waals surface area contributed by atoms with Crippen LogP contribution >= 0.6 is 11.8 Å². The number of aromatic nitrogens is 3. The maximum atomic E-state index is 13.5. The highest BCUT2D eigenvalue weighted by Crippen LogP contribution is 2.31. The second-order valence-corrected chi connectivity index (χ2v) is 7.22. The third-order valence-electron chi connectivity index (χ3n) is 4.27. The summed E-state index contributed by atoms with van der Waals surface area (Å²) in [7, 11) is 1.61. The molecular formula is C22H17F2N3OS. The number of hydrogen-bond donors (Lipinski definition) is 0. The van der Waals surface area contributed by atoms with Crippen molar-refractivity contribution in [1.82, 2.24) is 14.8 Å². The Balaban J connectivity index is 1.73. The molecule has 29 heavy (non-hydrogen) atoms. The summed E-state index contributed by atoms with van der Waals surface area (Å²) in [5.74, 6) is 0.541. The summed E-state index contributed by atoms with van der Waals surface area (Å²) >= 11 is 1.36. The number of hydrogen-bond acceptors (Lipinski definition) is 4. The highest BCUT2D eigenvalue weighted by atomic mass is 32.2. The first-order valence-electron chi connectivity index (χ1n) is 8.87. The van der Waals surface area contributed by atoms with E-state index in [0.717, 1.165) is 23.1 Å². The normalized spacial score (nSPS) is 10.9. The van der Waals surface area contributed by atoms with Crippen LogP contribution in [-0.4, -0.2) is 21.9 Å². The molecule has 3 aromatic carbocycles. The molecule has 0 atom stereocenters. The minimum atomic E-state index is -0.595. The molecule has 0 unspecified atom stereocenters. The average Bonchev–Trinajstić information content (AvgIpc) is 3.16. The van der Waals surface area contributed by atoms with Crippen molar-refractivity contribution < 1.29 is 13.5 Å². The first-order chi connectivity index (χ1) is 14.1. The van der Waals surface area contributed by atoms with Gasteiger partial charge in [0, 0.05) is 23.1 Å². The molecule has 0 saturated heterocycles. The van der Waals surface area contributed by atoms with Crippen molar-refractivity contribution in [3.8, 4) is 22.8 Å². The molecule has 146 valence electrons. The molecule has 0 aliphatic carbocycles. The van der Waals surface area contributed by atoms with E-state index < -0.39 is 11.6 Å². The number of rotatable bonds is 6. The van der Waals surface area contributed by atoms with E-state index in [1.807, 2.05) is 59.2 Å². The van der Waals surface area contributed by atoms with Crippen LogP contribution in [0.2, 0.25) is 0 Å². The van der Waals surface area contributed by atoms with Gasteiger partial charge in [-0.25, -0.2) is 8.78 Å². The third-order valence-corrected chi connectivity index (χ3v) is 5.27. The van der Waals surface area contributed by atoms with Crippen LogP contribution in [0.15, 0.2) is 78.0 Å². The molecule has 4 rings (SSSR count). The standard InChI is InChI=1S/C22H17F2N3OS/c1-28-20-9-5-6-16(12-20)21-25-26-22(27(21)19-7-3-2-4-8-19)29-14-15-10-17(23)13-18(24)11-15/h2-13H,14H2,1H3. The van der Waals surface area contributed by atoms with Gasteiger partial charge in [-0.05, 0) is 42.0 Å². The van der Waals surface area contributed by atoms with E-state index >= 15 is 0 Å². The fraction of sp³-hybridized carbons (Fsp3) is 0.0909. The molecule has 7 heteroatoms. The van der Waals surface area contributed by atoms with Crippen molar-refractivity contribution in [1.29, 1.82) is 0 Å². The zero-order valence-electron chi connectivity index (χ0n) is 15.5. The molecule has 0 fully saturated rings. The van der Waals surface area contributed by atoms with Crippen molar-refractivity contribution in [2.45, 2.75) is 10.9 Å². The summed E-state index contributed by atoms with van der Waals surface area (Å²) in [6, 6.07) is 20.8. The Morgan fingerprint density at radius 2 is 1.66 bits per heavy atom. The molecule has 0 saturated carbocycles. The second-order valence-electron chi connectivity index (χ2n) is 6.28. The average molecular weight is 409 g/mol. The molecule has 0 N–H and O–H groups in total. The van der Waals surface area contributed by atoms with Crippen LogP contribution < -0.4 is 4.74 Å². The van der Waals surface area contributed by atoms with Crippen LogP contribution in [-0.2, 0) is 5.75 Å². The molecule has 0 amide bonds. The summed E-state index contributed by atoms with van der Waals surface area (Å²) in [6.45, 7) is 0. The SMILES string of the molecule is COc1cccc(-c2nnc(SCc3cc(F)cc(F)c3)n2-c2ccccc2)c1. The molecule has 0 spiro atoms. The Morgan fingerprint density at radius 1 is 0.897 bits per heavy atom. The number of halogens is 2. The van der Waals surface area contributed by atoms with Crippen LogP contribution in [0.4, 0.5) is 8.78 Å². The number of thioether (sulfide) groups is 1. The van der Waals surface area contributed by atoms with E-state index in [4.69, 9.17) is 4.74 Å². The number of benzene rings is 3. The highest BCUT2D eigenvalue weighted by molar-refractivity contribution is 7.98. The number of methoxy groups -OCH3 is 1. The second kappa shape index (κ2) is 8.45. The first-order valence-corrected chi connectivity index (χ1v) is 9.85. The van der Waals surface area contributed by atoms with Gasteiger partial charge in [0.1, 0.15) is 17.4 Å². The molecule has 0 aliphatic rings. The Bertz CT molecular complexity index is 1110. The molecule has 4 nitrogen and oxygen atoms in total. The lowest BCUT2D eigenvalue weighted by Crippen LogP contribution is -2.00. The lowest BCUT2D eigenvalue weighted by molar-refractivity contribution is 0.415. The largest absolute Gasteiger partial charge is 0.497 e. The molecular weight excluding hydrogens is 392 g/mol. The van der Waals surface area contributed by atoms with Crippen LogP contribution in [0.25, 0.3) is 17.1 Å². The Labute approximate surface area is 171 Å². The van der Waals surface area contributed by atoms with Crippen LogP contribution in [0, 0.1) is 11.6 Å². The maximum absolute atomic E-state index is 13.5. The topological polar surface area (TPSA) is 39.9 Å². The van der Waals surface area contributed by atoms with Gasteiger partial charge in [-0.1, -0.05) is 42.1 Å². The zero-order valence-corrected chi connectivity index (χ0v) is 16.4. The minimum Gasteiger partial charge on any atom is -0.497 e. The van der Waals surface area contributed by atoms with E-state index in [0.29, 0.717) is 22.3 Å². The van der Waals surface area contributed by atoms with Gasteiger partial charge in [0.05, 0.1) is 7.11 Å². The van der Waals surface area contributed by atoms with Crippen molar-refractivity contribution in [3.05, 3.63) is 90.0 Å². The lowest BCUT2D eigenvalue weighted by Gasteiger charge is -2.11. The quantitative estimate of drug-likeness (QED) is 0.394. The highest BCUT2D eigenvalue weighted by Gasteiger charge is 2.17. The molecule has 0 aliphatic heterocycles. The van der Waals surface area contributed by atoms with Crippen LogP contribution in [0.3, 0.4) is 0 Å². The van der Waals surface area contributed by atoms with Gasteiger partial charge in [0.15, 0.2) is 11.0 Å². The van der Waals surface area contributed by atoms with Gasteiger partial charge in [0.25, 0.3) is 0 Å². The minimum absolute atomic E-state index is 0.359. The maximum Gasteiger partial charge on any atom is 0.196 e. The van der Waals surface area contributed by atoms with E-state index in [1.54, 1.807) is 7.11 Å². The van der Waals surface area contributed by atoms with E-state index in [-0.39, 0.29) is 0 Å². The summed E-state index contributed by atoms with van der Waals surface area (Å²) in [6.07, 6.45) is 0. The number of para-hydroxylation sites is 1. The Morgan fingerprint density at radius 3 is 2.38 bits per heavy atom. The number of ether oxygens (including phenoxy) is 1. The van der Waals surface area contributed by atoms with Gasteiger partial charge in [-0.2, -0.15) is 0 Å². The molecule has 0 bridgehead atoms. The predicted molar refractivity (Wildman–Crippen MR) is 109 cm³/mol. The fourth-order valence-electron chi connectivity index (χ4n) is 2.96. The van der Waals surface area contributed by atoms with Gasteiger partial charge < -0.3 is 4.74 Å². The van der Waals surface area contributed by atoms with Crippen molar-refractivity contribution in [2.24, 2.45) is 0 Å². The smallest absolute Gasteiger partial charge is 0.196 e. The summed E-state index contributed by atoms with van der Waals surface area (Å²) in [5, 5.41) is 9.33. The lowest BCUT2D eigenvalue weighted by atomic mass is 10.2. The van der Waals surface area contributed by atoms with E-state index in [1.165, 1.54) is 23.9 Å². The Kier molecular flexibility index (Phi) is 5.57. The van der Waals surface area contributed by atoms with Gasteiger partial charge in [0.2, 0.25) is 0 Å². The molecule has 1 aromatic heterocycles. The van der Waals surface area contributed by atoms with Gasteiger partial charge in [-0.3, -0.25) is 4.57 Å². The number of nitrogens with zero attached hydrogens (tertiary/aromatic N) is 3. The molecule has 1 heterocycles. The molecule has 4 aromatic rings. The summed E-state index contributed by atoms with van der Waals surface area (Å²) in [4.78, 5) is 0. The van der Waals surface area contributed by atoms with Crippen LogP contribution in [0.5, 0.6) is 5.75 Å². The van der Waals surface area contributed by atoms with E-state index in [9.17, 15) is 8.78 Å². The van der Waals surface area contributed by atoms with Crippen molar-refractivity contribution >= 4 is 11.8 Å². The monoisotopic (exact) mass is 409 g/mol. The van der Waals surface area contributed by atoms with Crippen molar-refractivity contribution in [3.63, 3.8) is 0 Å². The summed E-state index contributed by atoms with van der Waals surface area (Å²) < 4.78 is 34.2. The van der Waals surface area contributed by atoms with Gasteiger partial charge in [-0.15, -0.1) is 10.2 Å². The van der Waals surface area contributed by atoms with Gasteiger partial charge >= 0.3 is 0 Å². The fourth-order valence-corrected chi connectivity index (χ4v) is 3.85. The predicted octanol–water partition coefficient (Wildman–Crippen LogP) is 5.51. The van der Waals surface area contributed by atoms with Crippen molar-refractivity contribution in [2.75, 3.05) is 7.11 Å². The Hall–Kier alpha value is -3.19. The van der Waals surface area contributed by atoms with Crippen LogP contribution in [0.1, 0.15) is 5.56 Å². The molecule has 0 radical (unpaired) electrons. The summed E-state index contributed by atoms with van der Waals surface area (Å²) in [5.41, 5.74) is 2.28. The van der Waals surface area contributed by atoms with E-state index in [2.05, 4.69) is 10.2 Å². The first kappa shape index (κ1) is 19.1. The zero-order chi connectivity index (χ0) is 20.2. The third kappa shape index (κ3) is 4.30.